The number of rotatable bonds is 4. The third-order valence-corrected chi connectivity index (χ3v) is 4.40. The molecule has 0 aliphatic carbocycles. The van der Waals surface area contributed by atoms with Crippen molar-refractivity contribution < 1.29 is 0 Å². The molecule has 1 aliphatic heterocycles. The third kappa shape index (κ3) is 3.32. The Balaban J connectivity index is 1.39. The highest BCUT2D eigenvalue weighted by Crippen LogP contribution is 2.21. The average Bonchev–Trinajstić information content (AvgIpc) is 3.02. The minimum Gasteiger partial charge on any atom is -0.381 e. The fourth-order valence-electron chi connectivity index (χ4n) is 3.22. The van der Waals surface area contributed by atoms with Gasteiger partial charge in [-0.15, -0.1) is 0 Å². The summed E-state index contributed by atoms with van der Waals surface area (Å²) in [5.41, 5.74) is 2.33. The molecule has 0 radical (unpaired) electrons. The van der Waals surface area contributed by atoms with Crippen LogP contribution in [0.25, 0.3) is 10.8 Å². The van der Waals surface area contributed by atoms with Crippen molar-refractivity contribution in [3.63, 3.8) is 0 Å². The third-order valence-electron chi connectivity index (χ3n) is 4.40. The first-order chi connectivity index (χ1) is 11.4. The van der Waals surface area contributed by atoms with Gasteiger partial charge in [0.2, 0.25) is 0 Å². The van der Waals surface area contributed by atoms with Gasteiger partial charge in [0, 0.05) is 55.3 Å². The van der Waals surface area contributed by atoms with Crippen LogP contribution in [0.4, 0.5) is 5.69 Å². The molecule has 1 atom stereocenters. The Bertz CT molecular complexity index is 787. The summed E-state index contributed by atoms with van der Waals surface area (Å²) in [6.45, 7) is 3.11. The zero-order chi connectivity index (χ0) is 15.5. The maximum atomic E-state index is 4.42. The maximum Gasteiger partial charge on any atom is 0.0543 e. The SMILES string of the molecule is c1ccc(CN2CC[C@@H](Nc3ccc4cnccc4c3)C2)nc1. The number of hydrogen-bond donors (Lipinski definition) is 1. The van der Waals surface area contributed by atoms with E-state index in [1.54, 1.807) is 0 Å². The summed E-state index contributed by atoms with van der Waals surface area (Å²) >= 11 is 0. The van der Waals surface area contributed by atoms with Crippen LogP contribution in [0.1, 0.15) is 12.1 Å². The number of likely N-dealkylation sites (tertiary alicyclic amines) is 1. The van der Waals surface area contributed by atoms with Crippen LogP contribution >= 0.6 is 0 Å². The molecule has 116 valence electrons. The number of fused-ring (bicyclic) bond motifs is 1. The first-order valence-corrected chi connectivity index (χ1v) is 8.09. The quantitative estimate of drug-likeness (QED) is 0.803. The van der Waals surface area contributed by atoms with E-state index in [-0.39, 0.29) is 0 Å². The lowest BCUT2D eigenvalue weighted by molar-refractivity contribution is 0.324. The molecule has 2 aromatic heterocycles. The second-order valence-corrected chi connectivity index (χ2v) is 6.12. The van der Waals surface area contributed by atoms with E-state index in [1.807, 2.05) is 24.7 Å². The van der Waals surface area contributed by atoms with Gasteiger partial charge in [-0.1, -0.05) is 12.1 Å². The fourth-order valence-corrected chi connectivity index (χ4v) is 3.22. The van der Waals surface area contributed by atoms with Crippen LogP contribution in [0, 0.1) is 0 Å². The molecule has 0 amide bonds. The van der Waals surface area contributed by atoms with E-state index >= 15 is 0 Å². The summed E-state index contributed by atoms with van der Waals surface area (Å²) in [5, 5.41) is 6.08. The van der Waals surface area contributed by atoms with Gasteiger partial charge in [0.25, 0.3) is 0 Å². The largest absolute Gasteiger partial charge is 0.381 e. The minimum atomic E-state index is 0.498. The molecule has 4 rings (SSSR count). The Morgan fingerprint density at radius 1 is 1.09 bits per heavy atom. The molecule has 0 saturated carbocycles. The first-order valence-electron chi connectivity index (χ1n) is 8.09. The van der Waals surface area contributed by atoms with Gasteiger partial charge in [0.1, 0.15) is 0 Å². The maximum absolute atomic E-state index is 4.42. The van der Waals surface area contributed by atoms with Gasteiger partial charge in [-0.3, -0.25) is 14.9 Å². The Kier molecular flexibility index (Phi) is 3.90. The van der Waals surface area contributed by atoms with Gasteiger partial charge < -0.3 is 5.32 Å². The second kappa shape index (κ2) is 6.34. The van der Waals surface area contributed by atoms with Crippen molar-refractivity contribution in [1.29, 1.82) is 0 Å². The molecule has 4 nitrogen and oxygen atoms in total. The van der Waals surface area contributed by atoms with Crippen LogP contribution in [0.3, 0.4) is 0 Å². The second-order valence-electron chi connectivity index (χ2n) is 6.12. The van der Waals surface area contributed by atoms with Crippen molar-refractivity contribution in [2.45, 2.75) is 19.0 Å². The zero-order valence-electron chi connectivity index (χ0n) is 13.0. The topological polar surface area (TPSA) is 41.0 Å². The van der Waals surface area contributed by atoms with Crippen molar-refractivity contribution in [3.8, 4) is 0 Å². The minimum absolute atomic E-state index is 0.498. The lowest BCUT2D eigenvalue weighted by Crippen LogP contribution is -2.26. The highest BCUT2D eigenvalue weighted by molar-refractivity contribution is 5.84. The lowest BCUT2D eigenvalue weighted by Gasteiger charge is -2.17. The Hall–Kier alpha value is -2.46. The Labute approximate surface area is 136 Å². The van der Waals surface area contributed by atoms with Crippen molar-refractivity contribution in [1.82, 2.24) is 14.9 Å². The van der Waals surface area contributed by atoms with Crippen LogP contribution in [0.15, 0.2) is 61.1 Å². The highest BCUT2D eigenvalue weighted by Gasteiger charge is 2.22. The van der Waals surface area contributed by atoms with Gasteiger partial charge in [-0.05, 0) is 42.1 Å². The zero-order valence-corrected chi connectivity index (χ0v) is 13.0. The van der Waals surface area contributed by atoms with Gasteiger partial charge >= 0.3 is 0 Å². The summed E-state index contributed by atoms with van der Waals surface area (Å²) in [6, 6.07) is 15.2. The number of hydrogen-bond acceptors (Lipinski definition) is 4. The molecule has 3 aromatic rings. The lowest BCUT2D eigenvalue weighted by atomic mass is 10.1. The molecule has 4 heteroatoms. The van der Waals surface area contributed by atoms with Gasteiger partial charge in [-0.2, -0.15) is 0 Å². The van der Waals surface area contributed by atoms with E-state index in [1.165, 1.54) is 22.9 Å². The van der Waals surface area contributed by atoms with Gasteiger partial charge in [0.15, 0.2) is 0 Å². The van der Waals surface area contributed by atoms with Crippen LogP contribution in [-0.4, -0.2) is 34.0 Å². The summed E-state index contributed by atoms with van der Waals surface area (Å²) in [7, 11) is 0. The first kappa shape index (κ1) is 14.2. The average molecular weight is 304 g/mol. The molecule has 0 spiro atoms. The smallest absolute Gasteiger partial charge is 0.0543 e. The fraction of sp³-hybridized carbons (Fsp3) is 0.263. The molecule has 1 aromatic carbocycles. The number of anilines is 1. The predicted octanol–water partition coefficient (Wildman–Crippen LogP) is 3.32. The van der Waals surface area contributed by atoms with E-state index in [0.717, 1.165) is 25.3 Å². The van der Waals surface area contributed by atoms with E-state index in [4.69, 9.17) is 0 Å². The summed E-state index contributed by atoms with van der Waals surface area (Å²) in [6.07, 6.45) is 6.78. The van der Waals surface area contributed by atoms with Crippen molar-refractivity contribution >= 4 is 16.5 Å². The normalized spacial score (nSPS) is 18.3. The molecule has 0 unspecified atom stereocenters. The standard InChI is InChI=1S/C19H20N4/c1-2-8-21-18(3-1)13-23-10-7-19(14-23)22-17-5-4-16-12-20-9-6-15(16)11-17/h1-6,8-9,11-12,19,22H,7,10,13-14H2/t19-/m1/s1. The summed E-state index contributed by atoms with van der Waals surface area (Å²) < 4.78 is 0. The van der Waals surface area contributed by atoms with E-state index in [9.17, 15) is 0 Å². The van der Waals surface area contributed by atoms with Gasteiger partial charge in [-0.25, -0.2) is 0 Å². The van der Waals surface area contributed by atoms with Crippen LogP contribution in [-0.2, 0) is 6.54 Å². The molecular formula is C19H20N4. The van der Waals surface area contributed by atoms with E-state index in [0.29, 0.717) is 6.04 Å². The molecule has 3 heterocycles. The van der Waals surface area contributed by atoms with Crippen LogP contribution in [0.5, 0.6) is 0 Å². The van der Waals surface area contributed by atoms with Crippen LogP contribution < -0.4 is 5.32 Å². The van der Waals surface area contributed by atoms with Crippen LogP contribution in [0.2, 0.25) is 0 Å². The predicted molar refractivity (Wildman–Crippen MR) is 93.3 cm³/mol. The molecule has 1 saturated heterocycles. The molecule has 1 aliphatic rings. The Morgan fingerprint density at radius 3 is 3.00 bits per heavy atom. The summed E-state index contributed by atoms with van der Waals surface area (Å²) in [4.78, 5) is 11.0. The van der Waals surface area contributed by atoms with Crippen molar-refractivity contribution in [2.75, 3.05) is 18.4 Å². The van der Waals surface area contributed by atoms with Crippen molar-refractivity contribution in [3.05, 3.63) is 66.7 Å². The monoisotopic (exact) mass is 304 g/mol. The number of nitrogens with zero attached hydrogens (tertiary/aromatic N) is 3. The number of nitrogens with one attached hydrogen (secondary N) is 1. The summed E-state index contributed by atoms with van der Waals surface area (Å²) in [5.74, 6) is 0. The Morgan fingerprint density at radius 2 is 2.09 bits per heavy atom. The van der Waals surface area contributed by atoms with E-state index in [2.05, 4.69) is 56.6 Å². The van der Waals surface area contributed by atoms with E-state index < -0.39 is 0 Å². The molecule has 1 N–H and O–H groups in total. The number of aromatic nitrogens is 2. The molecule has 1 fully saturated rings. The van der Waals surface area contributed by atoms with Gasteiger partial charge in [0.05, 0.1) is 5.69 Å². The molecule has 0 bridgehead atoms. The van der Waals surface area contributed by atoms with Crippen molar-refractivity contribution in [2.24, 2.45) is 0 Å². The molecular weight excluding hydrogens is 284 g/mol. The highest BCUT2D eigenvalue weighted by atomic mass is 15.2. The number of pyridine rings is 2. The number of benzene rings is 1. The molecule has 23 heavy (non-hydrogen) atoms.